The van der Waals surface area contributed by atoms with Gasteiger partial charge in [0.1, 0.15) is 5.82 Å². The minimum absolute atomic E-state index is 0.103. The van der Waals surface area contributed by atoms with E-state index in [0.29, 0.717) is 0 Å². The van der Waals surface area contributed by atoms with Crippen LogP contribution in [0.5, 0.6) is 0 Å². The number of benzene rings is 1. The lowest BCUT2D eigenvalue weighted by molar-refractivity contribution is 0.597. The van der Waals surface area contributed by atoms with Gasteiger partial charge in [-0.25, -0.2) is 4.39 Å². The maximum Gasteiger partial charge on any atom is 0.127 e. The van der Waals surface area contributed by atoms with Crippen LogP contribution in [0, 0.1) is 5.82 Å². The van der Waals surface area contributed by atoms with Crippen LogP contribution in [0.3, 0.4) is 0 Å². The highest BCUT2D eigenvalue weighted by atomic mass is 32.2. The SMILES string of the molecule is NC1CSC(c2ccccc2F)C1. The van der Waals surface area contributed by atoms with E-state index in [2.05, 4.69) is 0 Å². The van der Waals surface area contributed by atoms with E-state index in [1.807, 2.05) is 12.1 Å². The van der Waals surface area contributed by atoms with Crippen LogP contribution in [0.15, 0.2) is 24.3 Å². The predicted molar refractivity (Wildman–Crippen MR) is 54.2 cm³/mol. The van der Waals surface area contributed by atoms with E-state index in [9.17, 15) is 4.39 Å². The third-order valence-corrected chi connectivity index (χ3v) is 3.75. The molecule has 2 N–H and O–H groups in total. The van der Waals surface area contributed by atoms with Gasteiger partial charge in [0.2, 0.25) is 0 Å². The molecular weight excluding hydrogens is 185 g/mol. The summed E-state index contributed by atoms with van der Waals surface area (Å²) in [6, 6.07) is 7.20. The molecule has 0 aromatic heterocycles. The fraction of sp³-hybridized carbons (Fsp3) is 0.400. The topological polar surface area (TPSA) is 26.0 Å². The Balaban J connectivity index is 2.21. The predicted octanol–water partition coefficient (Wildman–Crippen LogP) is 2.33. The second-order valence-electron chi connectivity index (χ2n) is 3.34. The number of halogens is 1. The Kier molecular flexibility index (Phi) is 2.56. The van der Waals surface area contributed by atoms with Gasteiger partial charge in [-0.2, -0.15) is 11.8 Å². The molecule has 1 aromatic carbocycles. The van der Waals surface area contributed by atoms with Crippen molar-refractivity contribution in [3.8, 4) is 0 Å². The Labute approximate surface area is 81.5 Å². The van der Waals surface area contributed by atoms with Crippen molar-refractivity contribution in [2.45, 2.75) is 17.7 Å². The summed E-state index contributed by atoms with van der Waals surface area (Å²) in [4.78, 5) is 0. The Morgan fingerprint density at radius 1 is 1.38 bits per heavy atom. The van der Waals surface area contributed by atoms with Gasteiger partial charge in [0.15, 0.2) is 0 Å². The molecule has 1 aliphatic rings. The lowest BCUT2D eigenvalue weighted by Crippen LogP contribution is -2.18. The molecule has 1 saturated heterocycles. The fourth-order valence-corrected chi connectivity index (χ4v) is 2.97. The standard InChI is InChI=1S/C10H12FNS/c11-9-4-2-1-3-8(9)10-5-7(12)6-13-10/h1-4,7,10H,5-6,12H2. The summed E-state index contributed by atoms with van der Waals surface area (Å²) in [5.74, 6) is 0.841. The van der Waals surface area contributed by atoms with Crippen LogP contribution < -0.4 is 5.73 Å². The highest BCUT2D eigenvalue weighted by Crippen LogP contribution is 2.40. The van der Waals surface area contributed by atoms with Crippen molar-refractivity contribution in [1.29, 1.82) is 0 Å². The van der Waals surface area contributed by atoms with Crippen molar-refractivity contribution >= 4 is 11.8 Å². The van der Waals surface area contributed by atoms with Crippen LogP contribution in [0.2, 0.25) is 0 Å². The molecule has 2 atom stereocenters. The molecule has 3 heteroatoms. The van der Waals surface area contributed by atoms with Gasteiger partial charge in [-0.3, -0.25) is 0 Å². The molecule has 13 heavy (non-hydrogen) atoms. The normalized spacial score (nSPS) is 27.8. The lowest BCUT2D eigenvalue weighted by atomic mass is 10.1. The molecule has 0 saturated carbocycles. The smallest absolute Gasteiger partial charge is 0.127 e. The molecule has 70 valence electrons. The molecule has 1 aromatic rings. The van der Waals surface area contributed by atoms with Crippen molar-refractivity contribution in [2.24, 2.45) is 5.73 Å². The summed E-state index contributed by atoms with van der Waals surface area (Å²) in [5.41, 5.74) is 6.58. The van der Waals surface area contributed by atoms with Crippen molar-refractivity contribution in [2.75, 3.05) is 5.75 Å². The van der Waals surface area contributed by atoms with Crippen LogP contribution in [-0.4, -0.2) is 11.8 Å². The Morgan fingerprint density at radius 3 is 2.77 bits per heavy atom. The van der Waals surface area contributed by atoms with E-state index in [1.54, 1.807) is 17.8 Å². The van der Waals surface area contributed by atoms with Crippen LogP contribution in [0.25, 0.3) is 0 Å². The number of rotatable bonds is 1. The first-order valence-electron chi connectivity index (χ1n) is 4.39. The highest BCUT2D eigenvalue weighted by Gasteiger charge is 2.25. The molecule has 0 aliphatic carbocycles. The van der Waals surface area contributed by atoms with Gasteiger partial charge in [-0.15, -0.1) is 0 Å². The minimum atomic E-state index is -0.103. The quantitative estimate of drug-likeness (QED) is 0.747. The van der Waals surface area contributed by atoms with Gasteiger partial charge in [0, 0.05) is 22.6 Å². The molecule has 1 nitrogen and oxygen atoms in total. The molecule has 1 aliphatic heterocycles. The summed E-state index contributed by atoms with van der Waals surface area (Å²) in [5, 5.41) is 0.260. The van der Waals surface area contributed by atoms with E-state index in [-0.39, 0.29) is 17.1 Å². The maximum absolute atomic E-state index is 13.3. The van der Waals surface area contributed by atoms with E-state index in [4.69, 9.17) is 5.73 Å². The summed E-state index contributed by atoms with van der Waals surface area (Å²) in [6.45, 7) is 0. The Hall–Kier alpha value is -0.540. The van der Waals surface area contributed by atoms with Crippen LogP contribution in [0.4, 0.5) is 4.39 Å². The van der Waals surface area contributed by atoms with Crippen molar-refractivity contribution in [1.82, 2.24) is 0 Å². The largest absolute Gasteiger partial charge is 0.327 e. The zero-order chi connectivity index (χ0) is 9.26. The molecular formula is C10H12FNS. The first-order valence-corrected chi connectivity index (χ1v) is 5.44. The summed E-state index contributed by atoms with van der Waals surface area (Å²) >= 11 is 1.75. The number of hydrogen-bond donors (Lipinski definition) is 1. The molecule has 1 fully saturated rings. The Bertz CT molecular complexity index is 303. The van der Waals surface area contributed by atoms with Crippen molar-refractivity contribution in [3.63, 3.8) is 0 Å². The first-order chi connectivity index (χ1) is 6.27. The average Bonchev–Trinajstić information content (AvgIpc) is 2.53. The van der Waals surface area contributed by atoms with E-state index >= 15 is 0 Å². The molecule has 2 rings (SSSR count). The van der Waals surface area contributed by atoms with Gasteiger partial charge in [-0.1, -0.05) is 18.2 Å². The van der Waals surface area contributed by atoms with Crippen LogP contribution in [-0.2, 0) is 0 Å². The highest BCUT2D eigenvalue weighted by molar-refractivity contribution is 7.99. The molecule has 0 spiro atoms. The van der Waals surface area contributed by atoms with Crippen LogP contribution >= 0.6 is 11.8 Å². The first kappa shape index (κ1) is 9.03. The Morgan fingerprint density at radius 2 is 2.15 bits per heavy atom. The van der Waals surface area contributed by atoms with Gasteiger partial charge < -0.3 is 5.73 Å². The lowest BCUT2D eigenvalue weighted by Gasteiger charge is -2.09. The monoisotopic (exact) mass is 197 g/mol. The van der Waals surface area contributed by atoms with E-state index in [1.165, 1.54) is 6.07 Å². The summed E-state index contributed by atoms with van der Waals surface area (Å²) in [7, 11) is 0. The van der Waals surface area contributed by atoms with Crippen LogP contribution in [0.1, 0.15) is 17.2 Å². The molecule has 0 bridgehead atoms. The maximum atomic E-state index is 13.3. The van der Waals surface area contributed by atoms with Crippen molar-refractivity contribution in [3.05, 3.63) is 35.6 Å². The number of hydrogen-bond acceptors (Lipinski definition) is 2. The zero-order valence-electron chi connectivity index (χ0n) is 7.24. The molecule has 0 amide bonds. The third kappa shape index (κ3) is 1.86. The van der Waals surface area contributed by atoms with Crippen molar-refractivity contribution < 1.29 is 4.39 Å². The minimum Gasteiger partial charge on any atom is -0.327 e. The van der Waals surface area contributed by atoms with Gasteiger partial charge in [-0.05, 0) is 12.5 Å². The van der Waals surface area contributed by atoms with Gasteiger partial charge >= 0.3 is 0 Å². The molecule has 1 heterocycles. The average molecular weight is 197 g/mol. The van der Waals surface area contributed by atoms with E-state index < -0.39 is 0 Å². The van der Waals surface area contributed by atoms with E-state index in [0.717, 1.165) is 17.7 Å². The summed E-state index contributed by atoms with van der Waals surface area (Å²) in [6.07, 6.45) is 0.894. The second kappa shape index (κ2) is 3.68. The fourth-order valence-electron chi connectivity index (χ4n) is 1.60. The number of nitrogens with two attached hydrogens (primary N) is 1. The number of thioether (sulfide) groups is 1. The molecule has 0 radical (unpaired) electrons. The van der Waals surface area contributed by atoms with Gasteiger partial charge in [0.05, 0.1) is 0 Å². The summed E-state index contributed by atoms with van der Waals surface area (Å²) < 4.78 is 13.3. The second-order valence-corrected chi connectivity index (χ2v) is 4.57. The van der Waals surface area contributed by atoms with Gasteiger partial charge in [0.25, 0.3) is 0 Å². The molecule has 2 unspecified atom stereocenters. The zero-order valence-corrected chi connectivity index (χ0v) is 8.06. The third-order valence-electron chi connectivity index (χ3n) is 2.28.